The normalized spacial score (nSPS) is 19.8. The fourth-order valence-electron chi connectivity index (χ4n) is 2.53. The first-order valence-corrected chi connectivity index (χ1v) is 8.59. The van der Waals surface area contributed by atoms with Crippen LogP contribution in [0, 0.1) is 0 Å². The predicted octanol–water partition coefficient (Wildman–Crippen LogP) is 3.77. The number of ether oxygens (including phenoxy) is 1. The lowest BCUT2D eigenvalue weighted by Gasteiger charge is -2.33. The van der Waals surface area contributed by atoms with E-state index in [9.17, 15) is 0 Å². The molecule has 1 aromatic heterocycles. The van der Waals surface area contributed by atoms with E-state index in [1.165, 1.54) is 11.1 Å². The molecule has 1 aromatic carbocycles. The number of hydrogen-bond donors (Lipinski definition) is 0. The first-order chi connectivity index (χ1) is 10.3. The Morgan fingerprint density at radius 1 is 1.48 bits per heavy atom. The first-order valence-electron chi connectivity index (χ1n) is 7.18. The van der Waals surface area contributed by atoms with Gasteiger partial charge in [-0.1, -0.05) is 18.2 Å². The zero-order valence-corrected chi connectivity index (χ0v) is 13.7. The maximum Gasteiger partial charge on any atom is 0.123 e. The van der Waals surface area contributed by atoms with Gasteiger partial charge in [0, 0.05) is 30.1 Å². The molecule has 3 rings (SSSR count). The third kappa shape index (κ3) is 3.64. The molecule has 5 heteroatoms. The molecule has 3 nitrogen and oxygen atoms in total. The molecule has 1 saturated heterocycles. The van der Waals surface area contributed by atoms with Crippen molar-refractivity contribution in [3.63, 3.8) is 0 Å². The molecule has 2 heterocycles. The lowest BCUT2D eigenvalue weighted by atomic mass is 10.1. The van der Waals surface area contributed by atoms with Crippen molar-refractivity contribution in [2.75, 3.05) is 19.8 Å². The molecule has 112 valence electrons. The number of hydrogen-bond acceptors (Lipinski definition) is 4. The Kier molecular flexibility index (Phi) is 4.91. The minimum atomic E-state index is 0.474. The highest BCUT2D eigenvalue weighted by Crippen LogP contribution is 2.26. The summed E-state index contributed by atoms with van der Waals surface area (Å²) >= 11 is 7.48. The smallest absolute Gasteiger partial charge is 0.123 e. The minimum absolute atomic E-state index is 0.474. The second kappa shape index (κ2) is 6.88. The van der Waals surface area contributed by atoms with Crippen molar-refractivity contribution in [1.82, 2.24) is 9.88 Å². The van der Waals surface area contributed by atoms with Crippen LogP contribution in [0.4, 0.5) is 0 Å². The lowest BCUT2D eigenvalue weighted by Crippen LogP contribution is -2.42. The molecule has 0 radical (unpaired) electrons. The maximum absolute atomic E-state index is 5.83. The largest absolute Gasteiger partial charge is 0.379 e. The minimum Gasteiger partial charge on any atom is -0.379 e. The van der Waals surface area contributed by atoms with E-state index in [4.69, 9.17) is 16.3 Å². The van der Waals surface area contributed by atoms with E-state index in [1.54, 1.807) is 11.3 Å². The van der Waals surface area contributed by atoms with Crippen molar-refractivity contribution < 1.29 is 4.74 Å². The van der Waals surface area contributed by atoms with Crippen LogP contribution in [0.1, 0.15) is 18.2 Å². The van der Waals surface area contributed by atoms with Gasteiger partial charge in [-0.3, -0.25) is 4.90 Å². The highest BCUT2D eigenvalue weighted by molar-refractivity contribution is 7.13. The Morgan fingerprint density at radius 3 is 3.14 bits per heavy atom. The Balaban J connectivity index is 1.76. The van der Waals surface area contributed by atoms with Crippen LogP contribution in [0.3, 0.4) is 0 Å². The van der Waals surface area contributed by atoms with Crippen LogP contribution in [0.5, 0.6) is 0 Å². The van der Waals surface area contributed by atoms with Crippen LogP contribution >= 0.6 is 22.9 Å². The van der Waals surface area contributed by atoms with Gasteiger partial charge in [0.05, 0.1) is 24.8 Å². The van der Waals surface area contributed by atoms with Crippen LogP contribution in [-0.4, -0.2) is 35.7 Å². The van der Waals surface area contributed by atoms with Gasteiger partial charge in [-0.2, -0.15) is 0 Å². The zero-order chi connectivity index (χ0) is 14.7. The summed E-state index contributed by atoms with van der Waals surface area (Å²) in [5, 5.41) is 3.07. The number of morpholine rings is 1. The Hall–Kier alpha value is -0.940. The molecule has 0 N–H and O–H groups in total. The Morgan fingerprint density at radius 2 is 2.38 bits per heavy atom. The monoisotopic (exact) mass is 322 g/mol. The van der Waals surface area contributed by atoms with Crippen molar-refractivity contribution in [3.05, 3.63) is 40.9 Å². The molecular formula is C16H19ClN2OS. The summed E-state index contributed by atoms with van der Waals surface area (Å²) in [7, 11) is 0. The molecule has 1 aliphatic rings. The number of rotatable bonds is 4. The van der Waals surface area contributed by atoms with Crippen LogP contribution in [0.15, 0.2) is 29.6 Å². The molecule has 1 aliphatic heterocycles. The highest BCUT2D eigenvalue weighted by Gasteiger charge is 2.18. The SMILES string of the molecule is CC1COCCN1Cc1cccc(-c2nc(CCl)cs2)c1. The van der Waals surface area contributed by atoms with E-state index in [0.29, 0.717) is 11.9 Å². The standard InChI is InChI=1S/C16H19ClN2OS/c1-12-10-20-6-5-19(12)9-13-3-2-4-14(7-13)16-18-15(8-17)11-21-16/h2-4,7,11-12H,5-6,8-10H2,1H3. The molecule has 1 atom stereocenters. The molecule has 1 unspecified atom stereocenters. The van der Waals surface area contributed by atoms with E-state index in [1.807, 2.05) is 5.38 Å². The second-order valence-corrected chi connectivity index (χ2v) is 6.50. The van der Waals surface area contributed by atoms with Crippen LogP contribution in [0.25, 0.3) is 10.6 Å². The van der Waals surface area contributed by atoms with E-state index >= 15 is 0 Å². The molecule has 0 saturated carbocycles. The summed E-state index contributed by atoms with van der Waals surface area (Å²) in [6, 6.07) is 9.12. The van der Waals surface area contributed by atoms with Gasteiger partial charge in [-0.25, -0.2) is 4.98 Å². The summed E-state index contributed by atoms with van der Waals surface area (Å²) < 4.78 is 5.50. The molecule has 1 fully saturated rings. The average Bonchev–Trinajstić information content (AvgIpc) is 2.99. The van der Waals surface area contributed by atoms with Gasteiger partial charge in [0.1, 0.15) is 5.01 Å². The number of halogens is 1. The summed E-state index contributed by atoms with van der Waals surface area (Å²) in [5.74, 6) is 0.474. The Bertz CT molecular complexity index is 601. The third-order valence-corrected chi connectivity index (χ3v) is 4.97. The predicted molar refractivity (Wildman–Crippen MR) is 87.8 cm³/mol. The van der Waals surface area contributed by atoms with Gasteiger partial charge in [0.15, 0.2) is 0 Å². The fraction of sp³-hybridized carbons (Fsp3) is 0.438. The Labute approximate surface area is 134 Å². The number of nitrogens with zero attached hydrogens (tertiary/aromatic N) is 2. The highest BCUT2D eigenvalue weighted by atomic mass is 35.5. The topological polar surface area (TPSA) is 25.4 Å². The first kappa shape index (κ1) is 15.0. The van der Waals surface area contributed by atoms with Gasteiger partial charge in [-0.05, 0) is 18.6 Å². The number of aromatic nitrogens is 1. The van der Waals surface area contributed by atoms with Crippen LogP contribution in [0.2, 0.25) is 0 Å². The molecule has 2 aromatic rings. The molecule has 21 heavy (non-hydrogen) atoms. The van der Waals surface area contributed by atoms with Gasteiger partial charge in [-0.15, -0.1) is 22.9 Å². The molecular weight excluding hydrogens is 304 g/mol. The second-order valence-electron chi connectivity index (χ2n) is 5.37. The van der Waals surface area contributed by atoms with Crippen molar-refractivity contribution in [1.29, 1.82) is 0 Å². The van der Waals surface area contributed by atoms with Crippen LogP contribution in [-0.2, 0) is 17.2 Å². The van der Waals surface area contributed by atoms with E-state index in [2.05, 4.69) is 41.1 Å². The zero-order valence-electron chi connectivity index (χ0n) is 12.1. The van der Waals surface area contributed by atoms with Crippen molar-refractivity contribution in [2.45, 2.75) is 25.4 Å². The van der Waals surface area contributed by atoms with E-state index in [-0.39, 0.29) is 0 Å². The van der Waals surface area contributed by atoms with Gasteiger partial charge < -0.3 is 4.74 Å². The van der Waals surface area contributed by atoms with Gasteiger partial charge in [0.25, 0.3) is 0 Å². The summed E-state index contributed by atoms with van der Waals surface area (Å²) in [4.78, 5) is 7.02. The summed E-state index contributed by atoms with van der Waals surface area (Å²) in [6.07, 6.45) is 0. The number of benzene rings is 1. The fourth-order valence-corrected chi connectivity index (χ4v) is 3.58. The molecule has 0 amide bonds. The van der Waals surface area contributed by atoms with Crippen molar-refractivity contribution in [3.8, 4) is 10.6 Å². The molecule has 0 aliphatic carbocycles. The molecule has 0 spiro atoms. The summed E-state index contributed by atoms with van der Waals surface area (Å²) in [5.41, 5.74) is 3.45. The lowest BCUT2D eigenvalue weighted by molar-refractivity contribution is -0.00436. The third-order valence-electron chi connectivity index (χ3n) is 3.75. The number of thiazole rings is 1. The summed E-state index contributed by atoms with van der Waals surface area (Å²) in [6.45, 7) is 5.84. The average molecular weight is 323 g/mol. The number of alkyl halides is 1. The van der Waals surface area contributed by atoms with E-state index < -0.39 is 0 Å². The van der Waals surface area contributed by atoms with E-state index in [0.717, 1.165) is 37.0 Å². The molecule has 0 bridgehead atoms. The maximum atomic E-state index is 5.83. The van der Waals surface area contributed by atoms with Gasteiger partial charge in [0.2, 0.25) is 0 Å². The van der Waals surface area contributed by atoms with Gasteiger partial charge >= 0.3 is 0 Å². The van der Waals surface area contributed by atoms with Crippen LogP contribution < -0.4 is 0 Å². The van der Waals surface area contributed by atoms with Crippen molar-refractivity contribution >= 4 is 22.9 Å². The quantitative estimate of drug-likeness (QED) is 0.801. The van der Waals surface area contributed by atoms with Crippen molar-refractivity contribution in [2.24, 2.45) is 0 Å².